The number of benzene rings is 3. The van der Waals surface area contributed by atoms with E-state index in [9.17, 15) is 10.1 Å². The minimum atomic E-state index is -0.529. The van der Waals surface area contributed by atoms with E-state index in [0.29, 0.717) is 24.2 Å². The van der Waals surface area contributed by atoms with Crippen LogP contribution in [0.3, 0.4) is 0 Å². The summed E-state index contributed by atoms with van der Waals surface area (Å²) in [4.78, 5) is 15.5. The molecular formula is C32H31N3O2. The van der Waals surface area contributed by atoms with E-state index in [1.165, 1.54) is 11.1 Å². The van der Waals surface area contributed by atoms with Crippen molar-refractivity contribution >= 4 is 22.8 Å². The molecule has 0 aromatic heterocycles. The SMILES string of the molecule is Cc1ccc(N(c2ccc(C)cc2)c2ccc(C3C(C#N)=C(N)OC4=C3C(=O)CC(C)(C)C4)cc2)cc1. The second kappa shape index (κ2) is 9.29. The Morgan fingerprint density at radius 2 is 1.35 bits per heavy atom. The first-order valence-corrected chi connectivity index (χ1v) is 12.5. The molecule has 0 amide bonds. The zero-order valence-corrected chi connectivity index (χ0v) is 21.7. The van der Waals surface area contributed by atoms with Gasteiger partial charge in [-0.05, 0) is 61.2 Å². The van der Waals surface area contributed by atoms with Gasteiger partial charge in [-0.25, -0.2) is 0 Å². The van der Waals surface area contributed by atoms with Crippen molar-refractivity contribution in [3.63, 3.8) is 0 Å². The van der Waals surface area contributed by atoms with Crippen LogP contribution in [0.15, 0.2) is 95.6 Å². The molecule has 2 aliphatic rings. The van der Waals surface area contributed by atoms with E-state index in [2.05, 4.69) is 73.3 Å². The Morgan fingerprint density at radius 1 is 0.865 bits per heavy atom. The minimum absolute atomic E-state index is 0.0153. The third-order valence-corrected chi connectivity index (χ3v) is 7.14. The molecule has 1 atom stereocenters. The van der Waals surface area contributed by atoms with Crippen molar-refractivity contribution in [3.8, 4) is 6.07 Å². The number of aryl methyl sites for hydroxylation is 2. The van der Waals surface area contributed by atoms with Gasteiger partial charge in [-0.1, -0.05) is 61.4 Å². The maximum absolute atomic E-state index is 13.3. The Balaban J connectivity index is 1.58. The van der Waals surface area contributed by atoms with Crippen LogP contribution >= 0.6 is 0 Å². The van der Waals surface area contributed by atoms with Crippen molar-refractivity contribution in [2.75, 3.05) is 4.90 Å². The summed E-state index contributed by atoms with van der Waals surface area (Å²) in [5.41, 5.74) is 13.1. The van der Waals surface area contributed by atoms with Crippen LogP contribution in [0.5, 0.6) is 0 Å². The van der Waals surface area contributed by atoms with Gasteiger partial charge in [0.15, 0.2) is 5.78 Å². The molecule has 0 bridgehead atoms. The number of ether oxygens (including phenoxy) is 1. The third-order valence-electron chi connectivity index (χ3n) is 7.14. The van der Waals surface area contributed by atoms with E-state index in [4.69, 9.17) is 10.5 Å². The number of carbonyl (C=O) groups excluding carboxylic acids is 1. The number of rotatable bonds is 4. The summed E-state index contributed by atoms with van der Waals surface area (Å²) in [5, 5.41) is 9.95. The molecule has 186 valence electrons. The molecule has 0 saturated heterocycles. The fourth-order valence-corrected chi connectivity index (χ4v) is 5.27. The predicted octanol–water partition coefficient (Wildman–Crippen LogP) is 7.22. The number of hydrogen-bond donors (Lipinski definition) is 1. The fraction of sp³-hybridized carbons (Fsp3) is 0.250. The number of anilines is 3. The standard InChI is InChI=1S/C32H31N3O2/c1-20-5-11-23(12-6-20)35(24-13-7-21(2)8-14-24)25-15-9-22(10-16-25)29-26(19-33)31(34)37-28-18-32(3,4)17-27(36)30(28)29/h5-16,29H,17-18,34H2,1-4H3. The summed E-state index contributed by atoms with van der Waals surface area (Å²) in [6.07, 6.45) is 1.02. The Morgan fingerprint density at radius 3 is 1.84 bits per heavy atom. The molecule has 5 nitrogen and oxygen atoms in total. The topological polar surface area (TPSA) is 79.3 Å². The molecule has 3 aromatic carbocycles. The quantitative estimate of drug-likeness (QED) is 0.418. The molecule has 0 saturated carbocycles. The Hall–Kier alpha value is -4.30. The average molecular weight is 490 g/mol. The van der Waals surface area contributed by atoms with Crippen LogP contribution in [0.4, 0.5) is 17.1 Å². The summed E-state index contributed by atoms with van der Waals surface area (Å²) in [6, 6.07) is 27.1. The van der Waals surface area contributed by atoms with E-state index in [0.717, 1.165) is 22.6 Å². The van der Waals surface area contributed by atoms with Gasteiger partial charge in [-0.15, -0.1) is 0 Å². The van der Waals surface area contributed by atoms with Crippen molar-refractivity contribution in [1.29, 1.82) is 5.26 Å². The highest BCUT2D eigenvalue weighted by atomic mass is 16.5. The largest absolute Gasteiger partial charge is 0.444 e. The summed E-state index contributed by atoms with van der Waals surface area (Å²) in [6.45, 7) is 8.25. The summed E-state index contributed by atoms with van der Waals surface area (Å²) >= 11 is 0. The van der Waals surface area contributed by atoms with Crippen LogP contribution in [-0.2, 0) is 9.53 Å². The second-order valence-electron chi connectivity index (χ2n) is 10.8. The first-order valence-electron chi connectivity index (χ1n) is 12.5. The van der Waals surface area contributed by atoms with Gasteiger partial charge in [-0.2, -0.15) is 5.26 Å². The molecular weight excluding hydrogens is 458 g/mol. The molecule has 1 unspecified atom stereocenters. The van der Waals surface area contributed by atoms with Crippen LogP contribution in [0.1, 0.15) is 49.3 Å². The Kier molecular flexibility index (Phi) is 6.13. The Bertz CT molecular complexity index is 1410. The molecule has 37 heavy (non-hydrogen) atoms. The average Bonchev–Trinajstić information content (AvgIpc) is 2.85. The van der Waals surface area contributed by atoms with E-state index in [1.807, 2.05) is 38.1 Å². The lowest BCUT2D eigenvalue weighted by Gasteiger charge is -2.37. The second-order valence-corrected chi connectivity index (χ2v) is 10.8. The number of nitrogens with zero attached hydrogens (tertiary/aromatic N) is 2. The van der Waals surface area contributed by atoms with E-state index >= 15 is 0 Å². The highest BCUT2D eigenvalue weighted by molar-refractivity contribution is 6.00. The summed E-state index contributed by atoms with van der Waals surface area (Å²) in [7, 11) is 0. The molecule has 1 heterocycles. The highest BCUT2D eigenvalue weighted by Gasteiger charge is 2.42. The van der Waals surface area contributed by atoms with Gasteiger partial charge < -0.3 is 15.4 Å². The number of Topliss-reactive ketones (excluding diaryl/α,β-unsaturated/α-hetero) is 1. The van der Waals surface area contributed by atoms with Gasteiger partial charge in [0.2, 0.25) is 5.88 Å². The molecule has 0 radical (unpaired) electrons. The first kappa shape index (κ1) is 24.4. The number of nitriles is 1. The number of ketones is 1. The lowest BCUT2D eigenvalue weighted by Crippen LogP contribution is -2.33. The van der Waals surface area contributed by atoms with Crippen LogP contribution < -0.4 is 10.6 Å². The summed E-state index contributed by atoms with van der Waals surface area (Å²) < 4.78 is 5.83. The van der Waals surface area contributed by atoms with Gasteiger partial charge in [0.05, 0.1) is 5.92 Å². The monoisotopic (exact) mass is 489 g/mol. The van der Waals surface area contributed by atoms with Gasteiger partial charge in [0, 0.05) is 35.5 Å². The molecule has 1 aliphatic heterocycles. The van der Waals surface area contributed by atoms with Crippen LogP contribution in [0.25, 0.3) is 0 Å². The van der Waals surface area contributed by atoms with Crippen molar-refractivity contribution in [2.45, 2.75) is 46.5 Å². The summed E-state index contributed by atoms with van der Waals surface area (Å²) in [5.74, 6) is 0.162. The van der Waals surface area contributed by atoms with Crippen molar-refractivity contribution in [2.24, 2.45) is 11.1 Å². The van der Waals surface area contributed by atoms with Crippen molar-refractivity contribution in [1.82, 2.24) is 0 Å². The minimum Gasteiger partial charge on any atom is -0.444 e. The van der Waals surface area contributed by atoms with Gasteiger partial charge in [0.25, 0.3) is 0 Å². The van der Waals surface area contributed by atoms with E-state index < -0.39 is 5.92 Å². The van der Waals surface area contributed by atoms with E-state index in [1.54, 1.807) is 0 Å². The van der Waals surface area contributed by atoms with Gasteiger partial charge >= 0.3 is 0 Å². The number of carbonyl (C=O) groups is 1. The third kappa shape index (κ3) is 4.63. The number of hydrogen-bond acceptors (Lipinski definition) is 5. The smallest absolute Gasteiger partial charge is 0.205 e. The lowest BCUT2D eigenvalue weighted by atomic mass is 9.70. The first-order chi connectivity index (χ1) is 17.7. The fourth-order valence-electron chi connectivity index (χ4n) is 5.27. The number of allylic oxidation sites excluding steroid dienone is 3. The molecule has 3 aromatic rings. The van der Waals surface area contributed by atoms with Crippen LogP contribution in [0, 0.1) is 30.6 Å². The molecule has 5 heteroatoms. The maximum Gasteiger partial charge on any atom is 0.205 e. The predicted molar refractivity (Wildman–Crippen MR) is 146 cm³/mol. The number of nitrogens with two attached hydrogens (primary N) is 1. The zero-order chi connectivity index (χ0) is 26.3. The lowest BCUT2D eigenvalue weighted by molar-refractivity contribution is -0.119. The van der Waals surface area contributed by atoms with Crippen molar-refractivity contribution in [3.05, 3.63) is 112 Å². The Labute approximate surface area is 218 Å². The zero-order valence-electron chi connectivity index (χ0n) is 21.7. The molecule has 2 N–H and O–H groups in total. The van der Waals surface area contributed by atoms with Gasteiger partial charge in [0.1, 0.15) is 17.4 Å². The molecule has 0 spiro atoms. The maximum atomic E-state index is 13.3. The molecule has 0 fully saturated rings. The molecule has 5 rings (SSSR count). The van der Waals surface area contributed by atoms with Crippen molar-refractivity contribution < 1.29 is 9.53 Å². The van der Waals surface area contributed by atoms with E-state index in [-0.39, 0.29) is 22.7 Å². The highest BCUT2D eigenvalue weighted by Crippen LogP contribution is 2.48. The normalized spacial score (nSPS) is 18.7. The van der Waals surface area contributed by atoms with Gasteiger partial charge in [-0.3, -0.25) is 4.79 Å². The molecule has 1 aliphatic carbocycles. The van der Waals surface area contributed by atoms with Crippen LogP contribution in [-0.4, -0.2) is 5.78 Å². The van der Waals surface area contributed by atoms with Crippen LogP contribution in [0.2, 0.25) is 0 Å².